The number of carbonyl (C=O) groups is 1. The van der Waals surface area contributed by atoms with E-state index in [1.165, 1.54) is 0 Å². The third-order valence-corrected chi connectivity index (χ3v) is 2.77. The summed E-state index contributed by atoms with van der Waals surface area (Å²) >= 11 is 0. The minimum atomic E-state index is -0.779. The van der Waals surface area contributed by atoms with Crippen LogP contribution in [0.15, 0.2) is 36.4 Å². The summed E-state index contributed by atoms with van der Waals surface area (Å²) in [5.41, 5.74) is 2.97. The van der Waals surface area contributed by atoms with Crippen molar-refractivity contribution in [3.63, 3.8) is 0 Å². The molecular weight excluding hydrogens is 200 g/mol. The lowest BCUT2D eigenvalue weighted by atomic mass is 9.91. The monoisotopic (exact) mass is 218 g/mol. The van der Waals surface area contributed by atoms with Gasteiger partial charge in [-0.05, 0) is 25.3 Å². The second-order valence-corrected chi connectivity index (χ2v) is 4.11. The Morgan fingerprint density at radius 3 is 2.38 bits per heavy atom. The number of aryl methyl sites for hydroxylation is 1. The molecule has 16 heavy (non-hydrogen) atoms. The Kier molecular flexibility index (Phi) is 4.29. The van der Waals surface area contributed by atoms with Crippen molar-refractivity contribution in [2.24, 2.45) is 0 Å². The Bertz CT molecular complexity index is 376. The number of aliphatic carboxylic acids is 1. The zero-order valence-corrected chi connectivity index (χ0v) is 9.86. The number of hydrogen-bond acceptors (Lipinski definition) is 1. The molecule has 0 radical (unpaired) electrons. The SMILES string of the molecule is C=C(CC)CC(C(=O)O)c1ccc(C)cc1. The predicted octanol–water partition coefficient (Wildman–Crippen LogP) is 3.52. The molecule has 1 aromatic rings. The van der Waals surface area contributed by atoms with E-state index >= 15 is 0 Å². The lowest BCUT2D eigenvalue weighted by molar-refractivity contribution is -0.138. The minimum absolute atomic E-state index is 0.465. The molecule has 1 N–H and O–H groups in total. The van der Waals surface area contributed by atoms with E-state index in [1.807, 2.05) is 38.1 Å². The molecule has 1 aromatic carbocycles. The number of benzene rings is 1. The van der Waals surface area contributed by atoms with Gasteiger partial charge < -0.3 is 5.11 Å². The van der Waals surface area contributed by atoms with Crippen LogP contribution in [0.25, 0.3) is 0 Å². The molecule has 0 saturated heterocycles. The predicted molar refractivity (Wildman–Crippen MR) is 65.6 cm³/mol. The fourth-order valence-electron chi connectivity index (χ4n) is 1.58. The molecule has 1 rings (SSSR count). The first kappa shape index (κ1) is 12.5. The normalized spacial score (nSPS) is 12.1. The van der Waals surface area contributed by atoms with Crippen LogP contribution in [0.3, 0.4) is 0 Å². The van der Waals surface area contributed by atoms with Crippen LogP contribution in [-0.2, 0) is 4.79 Å². The fraction of sp³-hybridized carbons (Fsp3) is 0.357. The highest BCUT2D eigenvalue weighted by Gasteiger charge is 2.19. The number of carboxylic acids is 1. The second-order valence-electron chi connectivity index (χ2n) is 4.11. The first-order valence-corrected chi connectivity index (χ1v) is 5.50. The standard InChI is InChI=1S/C14H18O2/c1-4-10(2)9-13(14(15)16)12-7-5-11(3)6-8-12/h5-8,13H,2,4,9H2,1,3H3,(H,15,16). The first-order chi connectivity index (χ1) is 7.54. The van der Waals surface area contributed by atoms with Crippen LogP contribution in [0.4, 0.5) is 0 Å². The van der Waals surface area contributed by atoms with E-state index < -0.39 is 11.9 Å². The Balaban J connectivity index is 2.89. The lowest BCUT2D eigenvalue weighted by Crippen LogP contribution is -2.12. The van der Waals surface area contributed by atoms with Gasteiger partial charge in [-0.2, -0.15) is 0 Å². The third kappa shape index (κ3) is 3.23. The van der Waals surface area contributed by atoms with Crippen LogP contribution in [0.1, 0.15) is 36.8 Å². The van der Waals surface area contributed by atoms with Crippen molar-refractivity contribution >= 4 is 5.97 Å². The molecule has 0 aromatic heterocycles. The molecule has 0 fully saturated rings. The summed E-state index contributed by atoms with van der Waals surface area (Å²) in [5, 5.41) is 9.20. The maximum absolute atomic E-state index is 11.2. The molecule has 0 amide bonds. The molecule has 0 saturated carbocycles. The van der Waals surface area contributed by atoms with Gasteiger partial charge in [0.25, 0.3) is 0 Å². The highest BCUT2D eigenvalue weighted by atomic mass is 16.4. The molecule has 0 aliphatic carbocycles. The van der Waals surface area contributed by atoms with Gasteiger partial charge in [0, 0.05) is 0 Å². The maximum atomic E-state index is 11.2. The van der Waals surface area contributed by atoms with Crippen LogP contribution in [-0.4, -0.2) is 11.1 Å². The number of allylic oxidation sites excluding steroid dienone is 1. The number of rotatable bonds is 5. The highest BCUT2D eigenvalue weighted by Crippen LogP contribution is 2.24. The van der Waals surface area contributed by atoms with Crippen molar-refractivity contribution in [3.8, 4) is 0 Å². The Hall–Kier alpha value is -1.57. The van der Waals surface area contributed by atoms with Crippen molar-refractivity contribution in [3.05, 3.63) is 47.5 Å². The molecule has 1 unspecified atom stereocenters. The summed E-state index contributed by atoms with van der Waals surface area (Å²) < 4.78 is 0. The van der Waals surface area contributed by atoms with Crippen molar-refractivity contribution in [1.82, 2.24) is 0 Å². The van der Waals surface area contributed by atoms with Crippen molar-refractivity contribution in [1.29, 1.82) is 0 Å². The van der Waals surface area contributed by atoms with Gasteiger partial charge in [-0.3, -0.25) is 4.79 Å². The van der Waals surface area contributed by atoms with Gasteiger partial charge in [-0.25, -0.2) is 0 Å². The topological polar surface area (TPSA) is 37.3 Å². The molecule has 2 heteroatoms. The van der Waals surface area contributed by atoms with Gasteiger partial charge in [0.2, 0.25) is 0 Å². The molecule has 0 bridgehead atoms. The van der Waals surface area contributed by atoms with Gasteiger partial charge in [0.1, 0.15) is 0 Å². The highest BCUT2D eigenvalue weighted by molar-refractivity contribution is 5.76. The largest absolute Gasteiger partial charge is 0.481 e. The van der Waals surface area contributed by atoms with E-state index in [-0.39, 0.29) is 0 Å². The molecule has 0 spiro atoms. The van der Waals surface area contributed by atoms with Crippen LogP contribution in [0.2, 0.25) is 0 Å². The number of hydrogen-bond donors (Lipinski definition) is 1. The Morgan fingerprint density at radius 2 is 1.94 bits per heavy atom. The van der Waals surface area contributed by atoms with E-state index in [9.17, 15) is 9.90 Å². The van der Waals surface area contributed by atoms with Gasteiger partial charge >= 0.3 is 5.97 Å². The van der Waals surface area contributed by atoms with E-state index in [1.54, 1.807) is 0 Å². The zero-order chi connectivity index (χ0) is 12.1. The summed E-state index contributed by atoms with van der Waals surface area (Å²) in [6.07, 6.45) is 1.35. The smallest absolute Gasteiger partial charge is 0.311 e. The quantitative estimate of drug-likeness (QED) is 0.768. The van der Waals surface area contributed by atoms with Crippen LogP contribution >= 0.6 is 0 Å². The van der Waals surface area contributed by atoms with E-state index in [2.05, 4.69) is 6.58 Å². The molecule has 0 heterocycles. The number of carboxylic acid groups (broad SMARTS) is 1. The average molecular weight is 218 g/mol. The minimum Gasteiger partial charge on any atom is -0.481 e. The van der Waals surface area contributed by atoms with Crippen molar-refractivity contribution in [2.75, 3.05) is 0 Å². The van der Waals surface area contributed by atoms with Crippen LogP contribution < -0.4 is 0 Å². The summed E-state index contributed by atoms with van der Waals surface area (Å²) in [6.45, 7) is 7.86. The molecule has 86 valence electrons. The summed E-state index contributed by atoms with van der Waals surface area (Å²) in [7, 11) is 0. The summed E-state index contributed by atoms with van der Waals surface area (Å²) in [6, 6.07) is 7.66. The van der Waals surface area contributed by atoms with E-state index in [0.717, 1.165) is 23.1 Å². The molecule has 0 aliphatic rings. The second kappa shape index (κ2) is 5.50. The van der Waals surface area contributed by atoms with E-state index in [4.69, 9.17) is 0 Å². The third-order valence-electron chi connectivity index (χ3n) is 2.77. The van der Waals surface area contributed by atoms with E-state index in [0.29, 0.717) is 6.42 Å². The average Bonchev–Trinajstić information content (AvgIpc) is 2.26. The Morgan fingerprint density at radius 1 is 1.38 bits per heavy atom. The first-order valence-electron chi connectivity index (χ1n) is 5.50. The maximum Gasteiger partial charge on any atom is 0.311 e. The van der Waals surface area contributed by atoms with Crippen molar-refractivity contribution in [2.45, 2.75) is 32.6 Å². The molecular formula is C14H18O2. The van der Waals surface area contributed by atoms with Crippen LogP contribution in [0, 0.1) is 6.92 Å². The fourth-order valence-corrected chi connectivity index (χ4v) is 1.58. The summed E-state index contributed by atoms with van der Waals surface area (Å²) in [4.78, 5) is 11.2. The van der Waals surface area contributed by atoms with Gasteiger partial charge in [0.05, 0.1) is 5.92 Å². The van der Waals surface area contributed by atoms with Crippen molar-refractivity contribution < 1.29 is 9.90 Å². The molecule has 2 nitrogen and oxygen atoms in total. The van der Waals surface area contributed by atoms with Gasteiger partial charge in [-0.15, -0.1) is 0 Å². The lowest BCUT2D eigenvalue weighted by Gasteiger charge is -2.13. The summed E-state index contributed by atoms with van der Waals surface area (Å²) in [5.74, 6) is -1.24. The zero-order valence-electron chi connectivity index (χ0n) is 9.86. The van der Waals surface area contributed by atoms with Gasteiger partial charge in [-0.1, -0.05) is 48.9 Å². The van der Waals surface area contributed by atoms with Gasteiger partial charge in [0.15, 0.2) is 0 Å². The Labute approximate surface area is 96.6 Å². The van der Waals surface area contributed by atoms with Crippen LogP contribution in [0.5, 0.6) is 0 Å². The molecule has 1 atom stereocenters. The molecule has 0 aliphatic heterocycles.